The molecule has 0 aliphatic carbocycles. The Morgan fingerprint density at radius 2 is 1.50 bits per heavy atom. The minimum Gasteiger partial charge on any atom is -0.456 e. The van der Waals surface area contributed by atoms with Crippen LogP contribution in [-0.4, -0.2) is 16.2 Å². The highest BCUT2D eigenvalue weighted by molar-refractivity contribution is 5.88. The van der Waals surface area contributed by atoms with Gasteiger partial charge in [0.05, 0.1) is 11.3 Å². The molecule has 0 aliphatic rings. The van der Waals surface area contributed by atoms with Crippen molar-refractivity contribution in [2.45, 2.75) is 6.61 Å². The summed E-state index contributed by atoms with van der Waals surface area (Å²) < 4.78 is 70.9. The smallest absolute Gasteiger partial charge is 0.356 e. The molecule has 2 aromatic carbocycles. The predicted molar refractivity (Wildman–Crippen MR) is 79.4 cm³/mol. The van der Waals surface area contributed by atoms with E-state index in [2.05, 4.69) is 14.9 Å². The van der Waals surface area contributed by atoms with Crippen molar-refractivity contribution in [2.75, 3.05) is 0 Å². The molecule has 0 amide bonds. The normalized spacial score (nSPS) is 10.8. The van der Waals surface area contributed by atoms with Crippen molar-refractivity contribution in [1.82, 2.24) is 10.2 Å². The molecule has 0 fully saturated rings. The lowest BCUT2D eigenvalue weighted by atomic mass is 10.1. The highest BCUT2D eigenvalue weighted by Gasteiger charge is 2.26. The number of aromatic amines is 1. The van der Waals surface area contributed by atoms with Crippen LogP contribution in [0.25, 0.3) is 11.3 Å². The maximum atomic E-state index is 13.5. The second-order valence-corrected chi connectivity index (χ2v) is 5.16. The van der Waals surface area contributed by atoms with E-state index in [1.165, 1.54) is 6.07 Å². The summed E-state index contributed by atoms with van der Waals surface area (Å²) in [5.41, 5.74) is -0.276. The molecule has 0 atom stereocenters. The molecule has 134 valence electrons. The number of ether oxygens (including phenoxy) is 1. The van der Waals surface area contributed by atoms with E-state index in [0.29, 0.717) is 11.3 Å². The quantitative estimate of drug-likeness (QED) is 0.326. The number of nitrogens with zero attached hydrogens (tertiary/aromatic N) is 1. The number of aromatic nitrogens is 2. The Bertz CT molecular complexity index is 944. The summed E-state index contributed by atoms with van der Waals surface area (Å²) in [5, 5.41) is 6.28. The molecule has 0 unspecified atom stereocenters. The summed E-state index contributed by atoms with van der Waals surface area (Å²) in [6.45, 7) is -1.13. The number of benzene rings is 2. The van der Waals surface area contributed by atoms with Crippen LogP contribution < -0.4 is 0 Å². The number of hydrogen-bond donors (Lipinski definition) is 1. The van der Waals surface area contributed by atoms with E-state index in [1.54, 1.807) is 30.3 Å². The molecule has 3 rings (SSSR count). The lowest BCUT2D eigenvalue weighted by Crippen LogP contribution is -2.12. The van der Waals surface area contributed by atoms with Gasteiger partial charge >= 0.3 is 5.97 Å². The molecule has 3 aromatic rings. The number of nitrogens with one attached hydrogen (secondary N) is 1. The van der Waals surface area contributed by atoms with Crippen molar-refractivity contribution in [2.24, 2.45) is 0 Å². The lowest BCUT2D eigenvalue weighted by molar-refractivity contribution is 0.0455. The first-order chi connectivity index (χ1) is 12.4. The first kappa shape index (κ1) is 17.6. The third-order valence-electron chi connectivity index (χ3n) is 3.52. The van der Waals surface area contributed by atoms with Gasteiger partial charge in [0.15, 0.2) is 23.3 Å². The van der Waals surface area contributed by atoms with Crippen LogP contribution >= 0.6 is 0 Å². The van der Waals surface area contributed by atoms with Crippen molar-refractivity contribution in [3.8, 4) is 11.3 Å². The van der Waals surface area contributed by atoms with Crippen molar-refractivity contribution in [1.29, 1.82) is 0 Å². The van der Waals surface area contributed by atoms with Gasteiger partial charge in [-0.15, -0.1) is 0 Å². The molecule has 0 bridgehead atoms. The van der Waals surface area contributed by atoms with E-state index >= 15 is 0 Å². The zero-order valence-electron chi connectivity index (χ0n) is 12.8. The van der Waals surface area contributed by atoms with Crippen molar-refractivity contribution >= 4 is 5.97 Å². The SMILES string of the molecule is O=C(OCc1c(F)c(F)c(F)c(F)c1F)c1cc(-c2ccccc2)n[nH]1. The van der Waals surface area contributed by atoms with E-state index in [0.717, 1.165) is 0 Å². The van der Waals surface area contributed by atoms with Gasteiger partial charge in [-0.1, -0.05) is 30.3 Å². The van der Waals surface area contributed by atoms with Crippen molar-refractivity contribution in [3.63, 3.8) is 0 Å². The van der Waals surface area contributed by atoms with Gasteiger partial charge in [-0.25, -0.2) is 26.7 Å². The average molecular weight is 368 g/mol. The Labute approximate surface area is 143 Å². The van der Waals surface area contributed by atoms with Gasteiger partial charge in [0.2, 0.25) is 5.82 Å². The molecule has 0 aliphatic heterocycles. The Hall–Kier alpha value is -3.23. The van der Waals surface area contributed by atoms with Gasteiger partial charge in [0.25, 0.3) is 0 Å². The van der Waals surface area contributed by atoms with Crippen LogP contribution in [0.1, 0.15) is 16.1 Å². The highest BCUT2D eigenvalue weighted by Crippen LogP contribution is 2.24. The standard InChI is InChI=1S/C17H9F5N2O2/c18-12-9(13(19)15(21)16(22)14(12)20)7-26-17(25)11-6-10(23-24-11)8-4-2-1-3-5-8/h1-6H,7H2,(H,23,24). The van der Waals surface area contributed by atoms with E-state index in [9.17, 15) is 26.7 Å². The fourth-order valence-electron chi connectivity index (χ4n) is 2.18. The molecule has 1 N–H and O–H groups in total. The zero-order valence-corrected chi connectivity index (χ0v) is 12.8. The summed E-state index contributed by atoms with van der Waals surface area (Å²) in [7, 11) is 0. The Morgan fingerprint density at radius 1 is 0.923 bits per heavy atom. The van der Waals surface area contributed by atoms with Gasteiger partial charge in [-0.05, 0) is 6.07 Å². The number of carbonyl (C=O) groups is 1. The number of halogens is 5. The largest absolute Gasteiger partial charge is 0.456 e. The van der Waals surface area contributed by atoms with Crippen LogP contribution in [0.2, 0.25) is 0 Å². The third-order valence-corrected chi connectivity index (χ3v) is 3.52. The molecule has 0 spiro atoms. The maximum Gasteiger partial charge on any atom is 0.356 e. The van der Waals surface area contributed by atoms with Gasteiger partial charge in [-0.3, -0.25) is 5.10 Å². The minimum absolute atomic E-state index is 0.146. The van der Waals surface area contributed by atoms with Gasteiger partial charge in [-0.2, -0.15) is 5.10 Å². The van der Waals surface area contributed by atoms with Crippen LogP contribution in [-0.2, 0) is 11.3 Å². The molecule has 1 heterocycles. The summed E-state index contributed by atoms with van der Waals surface area (Å²) in [5.74, 6) is -11.7. The summed E-state index contributed by atoms with van der Waals surface area (Å²) >= 11 is 0. The third kappa shape index (κ3) is 3.15. The maximum absolute atomic E-state index is 13.5. The highest BCUT2D eigenvalue weighted by atomic mass is 19.2. The lowest BCUT2D eigenvalue weighted by Gasteiger charge is -2.08. The Balaban J connectivity index is 1.77. The Kier molecular flexibility index (Phi) is 4.70. The molecule has 4 nitrogen and oxygen atoms in total. The van der Waals surface area contributed by atoms with E-state index in [4.69, 9.17) is 0 Å². The molecule has 0 saturated carbocycles. The molecular weight excluding hydrogens is 359 g/mol. The fraction of sp³-hybridized carbons (Fsp3) is 0.0588. The topological polar surface area (TPSA) is 55.0 Å². The number of hydrogen-bond acceptors (Lipinski definition) is 3. The van der Waals surface area contributed by atoms with Gasteiger partial charge in [0.1, 0.15) is 12.3 Å². The average Bonchev–Trinajstić information content (AvgIpc) is 3.15. The monoisotopic (exact) mass is 368 g/mol. The fourth-order valence-corrected chi connectivity index (χ4v) is 2.18. The molecule has 9 heteroatoms. The van der Waals surface area contributed by atoms with E-state index < -0.39 is 47.2 Å². The first-order valence-electron chi connectivity index (χ1n) is 7.18. The van der Waals surface area contributed by atoms with Crippen molar-refractivity contribution in [3.05, 3.63) is 76.7 Å². The van der Waals surface area contributed by atoms with Crippen LogP contribution in [0.15, 0.2) is 36.4 Å². The van der Waals surface area contributed by atoms with Crippen LogP contribution in [0.4, 0.5) is 22.0 Å². The molecule has 0 saturated heterocycles. The zero-order chi connectivity index (χ0) is 18.8. The number of carbonyl (C=O) groups excluding carboxylic acids is 1. The minimum atomic E-state index is -2.28. The second-order valence-electron chi connectivity index (χ2n) is 5.16. The first-order valence-corrected chi connectivity index (χ1v) is 7.18. The predicted octanol–water partition coefficient (Wildman–Crippen LogP) is 4.13. The van der Waals surface area contributed by atoms with Gasteiger partial charge in [0, 0.05) is 5.56 Å². The number of rotatable bonds is 4. The second kappa shape index (κ2) is 6.95. The van der Waals surface area contributed by atoms with Gasteiger partial charge < -0.3 is 4.74 Å². The van der Waals surface area contributed by atoms with E-state index in [-0.39, 0.29) is 5.69 Å². The summed E-state index contributed by atoms with van der Waals surface area (Å²) in [6.07, 6.45) is 0. The molecular formula is C17H9F5N2O2. The number of esters is 1. The van der Waals surface area contributed by atoms with Crippen LogP contribution in [0.5, 0.6) is 0 Å². The number of H-pyrrole nitrogens is 1. The molecule has 0 radical (unpaired) electrons. The van der Waals surface area contributed by atoms with Crippen LogP contribution in [0, 0.1) is 29.1 Å². The van der Waals surface area contributed by atoms with Crippen molar-refractivity contribution < 1.29 is 31.5 Å². The molecule has 1 aromatic heterocycles. The van der Waals surface area contributed by atoms with E-state index in [1.807, 2.05) is 0 Å². The molecule has 26 heavy (non-hydrogen) atoms. The van der Waals surface area contributed by atoms with Crippen LogP contribution in [0.3, 0.4) is 0 Å². The summed E-state index contributed by atoms with van der Waals surface area (Å²) in [6, 6.07) is 10.1. The Morgan fingerprint density at radius 3 is 2.12 bits per heavy atom. The summed E-state index contributed by atoms with van der Waals surface area (Å²) in [4.78, 5) is 11.9.